The van der Waals surface area contributed by atoms with Gasteiger partial charge in [-0.05, 0) is 13.0 Å². The molecule has 0 nitrogen and oxygen atoms in total. The van der Waals surface area contributed by atoms with Gasteiger partial charge in [-0.1, -0.05) is 24.3 Å². The summed E-state index contributed by atoms with van der Waals surface area (Å²) in [6.07, 6.45) is 8.54. The number of allylic oxidation sites excluding steroid dienone is 2. The van der Waals surface area contributed by atoms with Gasteiger partial charge in [0, 0.05) is 12.8 Å². The zero-order valence-electron chi connectivity index (χ0n) is 6.57. The first-order valence-corrected chi connectivity index (χ1v) is 3.38. The second kappa shape index (κ2) is 5.99. The van der Waals surface area contributed by atoms with E-state index in [0.717, 1.165) is 18.4 Å². The smallest absolute Gasteiger partial charge is 0.0305 e. The van der Waals surface area contributed by atoms with E-state index in [1.807, 2.05) is 13.8 Å². The van der Waals surface area contributed by atoms with Gasteiger partial charge in [0.2, 0.25) is 0 Å². The minimum Gasteiger partial charge on any atom is -0.115 e. The Morgan fingerprint density at radius 3 is 2.70 bits per heavy atom. The van der Waals surface area contributed by atoms with Gasteiger partial charge >= 0.3 is 0 Å². The monoisotopic (exact) mass is 132 g/mol. The van der Waals surface area contributed by atoms with E-state index >= 15 is 0 Å². The standard InChI is InChI=1S/C10H12/c1-4-6-7-9-10(3)8-5-2/h2,8H,4,9H2,1,3H3. The Labute approximate surface area is 63.3 Å². The molecule has 0 saturated carbocycles. The summed E-state index contributed by atoms with van der Waals surface area (Å²) < 4.78 is 0. The van der Waals surface area contributed by atoms with Crippen molar-refractivity contribution >= 4 is 0 Å². The second-order valence-corrected chi connectivity index (χ2v) is 2.04. The Morgan fingerprint density at radius 2 is 2.20 bits per heavy atom. The molecule has 0 aromatic heterocycles. The van der Waals surface area contributed by atoms with Crippen LogP contribution < -0.4 is 0 Å². The summed E-state index contributed by atoms with van der Waals surface area (Å²) in [4.78, 5) is 0. The molecule has 0 aliphatic heterocycles. The molecule has 0 aliphatic carbocycles. The van der Waals surface area contributed by atoms with E-state index in [0.29, 0.717) is 0 Å². The SMILES string of the molecule is C#CC=C(C)CC#CCC. The molecular formula is C10H12. The van der Waals surface area contributed by atoms with Crippen LogP contribution in [-0.2, 0) is 0 Å². The Kier molecular flexibility index (Phi) is 5.30. The lowest BCUT2D eigenvalue weighted by Gasteiger charge is -1.86. The second-order valence-electron chi connectivity index (χ2n) is 2.04. The van der Waals surface area contributed by atoms with Crippen LogP contribution in [0.1, 0.15) is 26.7 Å². The van der Waals surface area contributed by atoms with Crippen LogP contribution in [0.25, 0.3) is 0 Å². The maximum atomic E-state index is 5.06. The molecule has 0 aromatic rings. The number of terminal acetylenes is 1. The van der Waals surface area contributed by atoms with Crippen LogP contribution in [0, 0.1) is 24.2 Å². The number of rotatable bonds is 1. The first kappa shape index (κ1) is 8.86. The van der Waals surface area contributed by atoms with Crippen molar-refractivity contribution in [2.75, 3.05) is 0 Å². The molecule has 0 unspecified atom stereocenters. The predicted molar refractivity (Wildman–Crippen MR) is 45.3 cm³/mol. The molecule has 0 bridgehead atoms. The van der Waals surface area contributed by atoms with Crippen molar-refractivity contribution in [2.24, 2.45) is 0 Å². The molecule has 0 N–H and O–H groups in total. The van der Waals surface area contributed by atoms with E-state index in [1.54, 1.807) is 6.08 Å². The molecule has 0 radical (unpaired) electrons. The molecule has 0 saturated heterocycles. The Morgan fingerprint density at radius 1 is 1.50 bits per heavy atom. The summed E-state index contributed by atoms with van der Waals surface area (Å²) in [5.41, 5.74) is 1.16. The summed E-state index contributed by atoms with van der Waals surface area (Å²) in [6, 6.07) is 0. The summed E-state index contributed by atoms with van der Waals surface area (Å²) >= 11 is 0. The summed E-state index contributed by atoms with van der Waals surface area (Å²) in [5, 5.41) is 0. The third-order valence-corrected chi connectivity index (χ3v) is 0.999. The Bertz CT molecular complexity index is 202. The van der Waals surface area contributed by atoms with Crippen LogP contribution in [0.3, 0.4) is 0 Å². The molecule has 0 heteroatoms. The van der Waals surface area contributed by atoms with Crippen molar-refractivity contribution in [3.63, 3.8) is 0 Å². The molecule has 10 heavy (non-hydrogen) atoms. The van der Waals surface area contributed by atoms with Crippen LogP contribution >= 0.6 is 0 Å². The largest absolute Gasteiger partial charge is 0.115 e. The highest BCUT2D eigenvalue weighted by Gasteiger charge is 1.80. The number of hydrogen-bond donors (Lipinski definition) is 0. The van der Waals surface area contributed by atoms with Crippen molar-refractivity contribution < 1.29 is 0 Å². The lowest BCUT2D eigenvalue weighted by atomic mass is 10.2. The van der Waals surface area contributed by atoms with Crippen LogP contribution in [0.2, 0.25) is 0 Å². The van der Waals surface area contributed by atoms with Crippen molar-refractivity contribution in [3.05, 3.63) is 11.6 Å². The van der Waals surface area contributed by atoms with Gasteiger partial charge in [-0.25, -0.2) is 0 Å². The van der Waals surface area contributed by atoms with Crippen LogP contribution in [-0.4, -0.2) is 0 Å². The van der Waals surface area contributed by atoms with Gasteiger partial charge in [-0.2, -0.15) is 0 Å². The summed E-state index contributed by atoms with van der Waals surface area (Å²) in [5.74, 6) is 8.45. The van der Waals surface area contributed by atoms with Gasteiger partial charge in [0.15, 0.2) is 0 Å². The molecule has 0 fully saturated rings. The molecule has 0 amide bonds. The molecule has 0 spiro atoms. The van der Waals surface area contributed by atoms with Crippen molar-refractivity contribution in [2.45, 2.75) is 26.7 Å². The fraction of sp³-hybridized carbons (Fsp3) is 0.400. The van der Waals surface area contributed by atoms with E-state index in [9.17, 15) is 0 Å². The molecular weight excluding hydrogens is 120 g/mol. The highest BCUT2D eigenvalue weighted by molar-refractivity contribution is 5.20. The average molecular weight is 132 g/mol. The molecule has 52 valence electrons. The van der Waals surface area contributed by atoms with Gasteiger partial charge in [0.25, 0.3) is 0 Å². The lowest BCUT2D eigenvalue weighted by molar-refractivity contribution is 1.23. The quantitative estimate of drug-likeness (QED) is 0.480. The fourth-order valence-electron chi connectivity index (χ4n) is 0.520. The minimum atomic E-state index is 0.804. The van der Waals surface area contributed by atoms with E-state index in [4.69, 9.17) is 6.42 Å². The van der Waals surface area contributed by atoms with Crippen molar-refractivity contribution in [1.82, 2.24) is 0 Å². The average Bonchev–Trinajstić information content (AvgIpc) is 1.89. The first-order chi connectivity index (χ1) is 4.81. The van der Waals surface area contributed by atoms with Gasteiger partial charge in [0.1, 0.15) is 0 Å². The Hall–Kier alpha value is -1.14. The van der Waals surface area contributed by atoms with Crippen molar-refractivity contribution in [3.8, 4) is 24.2 Å². The molecule has 0 aromatic carbocycles. The highest BCUT2D eigenvalue weighted by atomic mass is 13.8. The van der Waals surface area contributed by atoms with E-state index in [1.165, 1.54) is 0 Å². The summed E-state index contributed by atoms with van der Waals surface area (Å²) in [7, 11) is 0. The van der Waals surface area contributed by atoms with Crippen LogP contribution in [0.15, 0.2) is 11.6 Å². The van der Waals surface area contributed by atoms with Crippen molar-refractivity contribution in [1.29, 1.82) is 0 Å². The van der Waals surface area contributed by atoms with Gasteiger partial charge < -0.3 is 0 Å². The third kappa shape index (κ3) is 5.01. The van der Waals surface area contributed by atoms with E-state index in [2.05, 4.69) is 17.8 Å². The maximum Gasteiger partial charge on any atom is 0.0305 e. The number of hydrogen-bond acceptors (Lipinski definition) is 0. The first-order valence-electron chi connectivity index (χ1n) is 3.38. The van der Waals surface area contributed by atoms with Gasteiger partial charge in [-0.15, -0.1) is 12.3 Å². The van der Waals surface area contributed by atoms with E-state index < -0.39 is 0 Å². The fourth-order valence-corrected chi connectivity index (χ4v) is 0.520. The van der Waals surface area contributed by atoms with Gasteiger partial charge in [0.05, 0.1) is 0 Å². The highest BCUT2D eigenvalue weighted by Crippen LogP contribution is 1.95. The summed E-state index contributed by atoms with van der Waals surface area (Å²) in [6.45, 7) is 4.03. The molecule has 0 rings (SSSR count). The predicted octanol–water partition coefficient (Wildman–Crippen LogP) is 2.37. The maximum absolute atomic E-state index is 5.06. The van der Waals surface area contributed by atoms with Crippen LogP contribution in [0.4, 0.5) is 0 Å². The Balaban J connectivity index is 3.72. The van der Waals surface area contributed by atoms with E-state index in [-0.39, 0.29) is 0 Å². The normalized spacial score (nSPS) is 9.50. The van der Waals surface area contributed by atoms with Gasteiger partial charge in [-0.3, -0.25) is 0 Å². The molecule has 0 heterocycles. The topological polar surface area (TPSA) is 0 Å². The lowest BCUT2D eigenvalue weighted by Crippen LogP contribution is -1.70. The minimum absolute atomic E-state index is 0.804. The third-order valence-electron chi connectivity index (χ3n) is 0.999. The molecule has 0 atom stereocenters. The zero-order valence-corrected chi connectivity index (χ0v) is 6.57. The van der Waals surface area contributed by atoms with Crippen LogP contribution in [0.5, 0.6) is 0 Å². The molecule has 0 aliphatic rings. The zero-order chi connectivity index (χ0) is 7.82.